The normalized spacial score (nSPS) is 12.3. The first kappa shape index (κ1) is 16.8. The molecule has 0 saturated carbocycles. The lowest BCUT2D eigenvalue weighted by Crippen LogP contribution is -2.44. The van der Waals surface area contributed by atoms with Crippen LogP contribution in [-0.4, -0.2) is 25.7 Å². The molecule has 1 unspecified atom stereocenters. The summed E-state index contributed by atoms with van der Waals surface area (Å²) in [4.78, 5) is 11.6. The van der Waals surface area contributed by atoms with Gasteiger partial charge in [0.2, 0.25) is 6.10 Å². The third-order valence-corrected chi connectivity index (χ3v) is 3.27. The fraction of sp³-hybridized carbons (Fsp3) is 0.500. The van der Waals surface area contributed by atoms with E-state index < -0.39 is 12.0 Å². The van der Waals surface area contributed by atoms with E-state index in [1.807, 2.05) is 32.9 Å². The van der Waals surface area contributed by atoms with Crippen LogP contribution in [0.25, 0.3) is 0 Å². The minimum Gasteiger partial charge on any atom is -0.478 e. The van der Waals surface area contributed by atoms with E-state index in [0.717, 1.165) is 11.1 Å². The summed E-state index contributed by atoms with van der Waals surface area (Å²) in [7, 11) is 1.49. The van der Waals surface area contributed by atoms with Gasteiger partial charge in [0.15, 0.2) is 0 Å². The Kier molecular flexibility index (Phi) is 6.26. The zero-order valence-corrected chi connectivity index (χ0v) is 13.0. The Bertz CT molecular complexity index is 478. The molecule has 1 rings (SSSR count). The number of aryl methyl sites for hydroxylation is 1. The van der Waals surface area contributed by atoms with Crippen LogP contribution in [0, 0.1) is 6.92 Å². The number of amides is 1. The van der Waals surface area contributed by atoms with Crippen LogP contribution < -0.4 is 16.0 Å². The number of hydrogen-bond acceptors (Lipinski definition) is 4. The smallest absolute Gasteiger partial charge is 0.277 e. The van der Waals surface area contributed by atoms with Crippen LogP contribution >= 0.6 is 11.6 Å². The van der Waals surface area contributed by atoms with Gasteiger partial charge < -0.3 is 9.47 Å². The van der Waals surface area contributed by atoms with Crippen LogP contribution in [-0.2, 0) is 9.53 Å². The first-order valence-corrected chi connectivity index (χ1v) is 6.74. The second-order valence-electron chi connectivity index (χ2n) is 4.86. The molecule has 1 aromatic rings. The van der Waals surface area contributed by atoms with Crippen molar-refractivity contribution >= 4 is 17.5 Å². The maximum Gasteiger partial charge on any atom is 0.277 e. The largest absolute Gasteiger partial charge is 0.478 e. The predicted octanol–water partition coefficient (Wildman–Crippen LogP) is 2.16. The van der Waals surface area contributed by atoms with E-state index in [1.165, 1.54) is 7.11 Å². The summed E-state index contributed by atoms with van der Waals surface area (Å²) >= 11 is 6.20. The summed E-state index contributed by atoms with van der Waals surface area (Å²) < 4.78 is 10.7. The van der Waals surface area contributed by atoms with Gasteiger partial charge in [-0.1, -0.05) is 25.4 Å². The number of carbonyl (C=O) groups excluding carboxylic acids is 1. The second-order valence-corrected chi connectivity index (χ2v) is 5.27. The van der Waals surface area contributed by atoms with E-state index in [-0.39, 0.29) is 12.5 Å². The molecule has 0 aliphatic rings. The Morgan fingerprint density at radius 2 is 2.10 bits per heavy atom. The molecule has 0 fully saturated rings. The van der Waals surface area contributed by atoms with E-state index in [2.05, 4.69) is 5.43 Å². The molecule has 3 N–H and O–H groups in total. The summed E-state index contributed by atoms with van der Waals surface area (Å²) in [5, 5.41) is 0.691. The number of nitrogens with one attached hydrogen (secondary N) is 1. The molecule has 112 valence electrons. The van der Waals surface area contributed by atoms with Crippen molar-refractivity contribution in [3.05, 3.63) is 28.3 Å². The molecular formula is C14H21ClN2O3. The summed E-state index contributed by atoms with van der Waals surface area (Å²) in [6.07, 6.45) is -0.801. The Hall–Kier alpha value is -1.30. The van der Waals surface area contributed by atoms with Gasteiger partial charge in [-0.15, -0.1) is 0 Å². The fourth-order valence-electron chi connectivity index (χ4n) is 1.80. The Balaban J connectivity index is 3.05. The summed E-state index contributed by atoms with van der Waals surface area (Å²) in [5.74, 6) is 5.56. The number of benzene rings is 1. The van der Waals surface area contributed by atoms with Crippen molar-refractivity contribution in [1.82, 2.24) is 5.43 Å². The SMILES string of the molecule is COCC(Oc1cc(C(C)C)c(Cl)cc1C)C(=O)NN. The van der Waals surface area contributed by atoms with E-state index in [4.69, 9.17) is 26.9 Å². The zero-order chi connectivity index (χ0) is 15.3. The Morgan fingerprint density at radius 1 is 1.45 bits per heavy atom. The number of nitrogens with two attached hydrogens (primary N) is 1. The van der Waals surface area contributed by atoms with Crippen molar-refractivity contribution in [3.8, 4) is 5.75 Å². The number of halogens is 1. The van der Waals surface area contributed by atoms with Crippen LogP contribution in [0.4, 0.5) is 0 Å². The second kappa shape index (κ2) is 7.47. The average Bonchev–Trinajstić information content (AvgIpc) is 2.39. The van der Waals surface area contributed by atoms with Crippen LogP contribution in [0.3, 0.4) is 0 Å². The molecule has 0 spiro atoms. The highest BCUT2D eigenvalue weighted by atomic mass is 35.5. The molecule has 0 aromatic heterocycles. The topological polar surface area (TPSA) is 73.6 Å². The van der Waals surface area contributed by atoms with Gasteiger partial charge in [-0.05, 0) is 36.1 Å². The maximum absolute atomic E-state index is 11.6. The molecule has 1 atom stereocenters. The van der Waals surface area contributed by atoms with E-state index >= 15 is 0 Å². The maximum atomic E-state index is 11.6. The molecule has 0 aliphatic heterocycles. The van der Waals surface area contributed by atoms with Crippen molar-refractivity contribution in [3.63, 3.8) is 0 Å². The van der Waals surface area contributed by atoms with Gasteiger partial charge in [0, 0.05) is 12.1 Å². The van der Waals surface area contributed by atoms with Crippen molar-refractivity contribution in [2.75, 3.05) is 13.7 Å². The monoisotopic (exact) mass is 300 g/mol. The summed E-state index contributed by atoms with van der Waals surface area (Å²) in [6, 6.07) is 3.69. The quantitative estimate of drug-likeness (QED) is 0.480. The molecule has 0 bridgehead atoms. The van der Waals surface area contributed by atoms with Crippen LogP contribution in [0.15, 0.2) is 12.1 Å². The fourth-order valence-corrected chi connectivity index (χ4v) is 2.24. The van der Waals surface area contributed by atoms with Gasteiger partial charge in [0.05, 0.1) is 6.61 Å². The molecule has 1 amide bonds. The van der Waals surface area contributed by atoms with E-state index in [0.29, 0.717) is 10.8 Å². The third kappa shape index (κ3) is 4.10. The Morgan fingerprint density at radius 3 is 2.60 bits per heavy atom. The van der Waals surface area contributed by atoms with Gasteiger partial charge in [0.25, 0.3) is 5.91 Å². The summed E-state index contributed by atoms with van der Waals surface area (Å²) in [6.45, 7) is 6.07. The highest BCUT2D eigenvalue weighted by molar-refractivity contribution is 6.31. The van der Waals surface area contributed by atoms with Crippen LogP contribution in [0.5, 0.6) is 5.75 Å². The first-order valence-electron chi connectivity index (χ1n) is 6.36. The Labute approximate surface area is 124 Å². The molecule has 20 heavy (non-hydrogen) atoms. The predicted molar refractivity (Wildman–Crippen MR) is 78.9 cm³/mol. The first-order chi connectivity index (χ1) is 9.40. The van der Waals surface area contributed by atoms with Gasteiger partial charge in [0.1, 0.15) is 5.75 Å². The number of ether oxygens (including phenoxy) is 2. The molecule has 0 aliphatic carbocycles. The van der Waals surface area contributed by atoms with Crippen molar-refractivity contribution in [2.24, 2.45) is 5.84 Å². The van der Waals surface area contributed by atoms with E-state index in [9.17, 15) is 4.79 Å². The molecule has 6 heteroatoms. The zero-order valence-electron chi connectivity index (χ0n) is 12.2. The van der Waals surface area contributed by atoms with Crippen molar-refractivity contribution in [1.29, 1.82) is 0 Å². The van der Waals surface area contributed by atoms with Crippen LogP contribution in [0.2, 0.25) is 5.02 Å². The molecular weight excluding hydrogens is 280 g/mol. The number of rotatable bonds is 6. The highest BCUT2D eigenvalue weighted by Crippen LogP contribution is 2.31. The lowest BCUT2D eigenvalue weighted by molar-refractivity contribution is -0.130. The van der Waals surface area contributed by atoms with Gasteiger partial charge in [-0.3, -0.25) is 10.2 Å². The number of methoxy groups -OCH3 is 1. The molecule has 0 saturated heterocycles. The minimum absolute atomic E-state index is 0.113. The molecule has 0 radical (unpaired) electrons. The van der Waals surface area contributed by atoms with Gasteiger partial charge >= 0.3 is 0 Å². The highest BCUT2D eigenvalue weighted by Gasteiger charge is 2.21. The lowest BCUT2D eigenvalue weighted by atomic mass is 10.0. The standard InChI is InChI=1S/C14H21ClN2O3/c1-8(2)10-6-12(9(3)5-11(10)15)20-13(7-19-4)14(18)17-16/h5-6,8,13H,7,16H2,1-4H3,(H,17,18). The minimum atomic E-state index is -0.801. The van der Waals surface area contributed by atoms with E-state index in [1.54, 1.807) is 0 Å². The van der Waals surface area contributed by atoms with Gasteiger partial charge in [-0.25, -0.2) is 5.84 Å². The molecule has 0 heterocycles. The lowest BCUT2D eigenvalue weighted by Gasteiger charge is -2.20. The van der Waals surface area contributed by atoms with Crippen molar-refractivity contribution in [2.45, 2.75) is 32.8 Å². The number of hydrazine groups is 1. The van der Waals surface area contributed by atoms with Gasteiger partial charge in [-0.2, -0.15) is 0 Å². The third-order valence-electron chi connectivity index (χ3n) is 2.94. The van der Waals surface area contributed by atoms with Crippen LogP contribution in [0.1, 0.15) is 30.9 Å². The molecule has 5 nitrogen and oxygen atoms in total. The molecule has 1 aromatic carbocycles. The number of carbonyl (C=O) groups is 1. The number of hydrogen-bond donors (Lipinski definition) is 2. The summed E-state index contributed by atoms with van der Waals surface area (Å²) in [5.41, 5.74) is 3.89. The van der Waals surface area contributed by atoms with Crippen molar-refractivity contribution < 1.29 is 14.3 Å². The average molecular weight is 301 g/mol.